The molecule has 7 heteroatoms. The number of nitrogens with one attached hydrogen (secondary N) is 1. The monoisotopic (exact) mass is 294 g/mol. The summed E-state index contributed by atoms with van der Waals surface area (Å²) < 4.78 is 38.9. The van der Waals surface area contributed by atoms with Crippen LogP contribution in [0, 0.1) is 17.5 Å². The zero-order chi connectivity index (χ0) is 13.3. The number of hydrogen-bond donors (Lipinski definition) is 1. The highest BCUT2D eigenvalue weighted by molar-refractivity contribution is 5.94. The van der Waals surface area contributed by atoms with Crippen LogP contribution in [0.25, 0.3) is 0 Å². The van der Waals surface area contributed by atoms with Crippen molar-refractivity contribution < 1.29 is 18.0 Å². The summed E-state index contributed by atoms with van der Waals surface area (Å²) in [6.07, 6.45) is 0. The summed E-state index contributed by atoms with van der Waals surface area (Å²) in [7, 11) is 0. The van der Waals surface area contributed by atoms with Crippen molar-refractivity contribution in [2.24, 2.45) is 0 Å². The number of rotatable bonds is 1. The van der Waals surface area contributed by atoms with Crippen LogP contribution in [0.4, 0.5) is 13.2 Å². The van der Waals surface area contributed by atoms with Crippen LogP contribution >= 0.6 is 12.4 Å². The summed E-state index contributed by atoms with van der Waals surface area (Å²) in [6, 6.07) is 1.58. The average molecular weight is 295 g/mol. The Morgan fingerprint density at radius 1 is 1.32 bits per heavy atom. The first-order valence-electron chi connectivity index (χ1n) is 5.66. The standard InChI is InChI=1S/C12H13F3N2O.ClH/c1-7-6-17(3-2-16-7)12(18)8-4-9(13)11(15)10(14)5-8;/h4-5,7,16H,2-3,6H2,1H3;1H/t7-;/m1./s1. The first kappa shape index (κ1) is 15.8. The quantitative estimate of drug-likeness (QED) is 0.803. The average Bonchev–Trinajstić information content (AvgIpc) is 2.34. The fourth-order valence-corrected chi connectivity index (χ4v) is 1.98. The summed E-state index contributed by atoms with van der Waals surface area (Å²) in [6.45, 7) is 3.45. The molecule has 1 aromatic carbocycles. The molecule has 0 bridgehead atoms. The molecule has 1 saturated heterocycles. The Labute approximate surface area is 115 Å². The predicted molar refractivity (Wildman–Crippen MR) is 66.9 cm³/mol. The van der Waals surface area contributed by atoms with Gasteiger partial charge < -0.3 is 10.2 Å². The van der Waals surface area contributed by atoms with Crippen molar-refractivity contribution in [3.63, 3.8) is 0 Å². The Balaban J connectivity index is 0.00000180. The van der Waals surface area contributed by atoms with Crippen molar-refractivity contribution in [3.8, 4) is 0 Å². The zero-order valence-corrected chi connectivity index (χ0v) is 11.1. The van der Waals surface area contributed by atoms with E-state index in [9.17, 15) is 18.0 Å². The van der Waals surface area contributed by atoms with Crippen LogP contribution in [0.3, 0.4) is 0 Å². The van der Waals surface area contributed by atoms with Gasteiger partial charge in [0.25, 0.3) is 5.91 Å². The lowest BCUT2D eigenvalue weighted by Crippen LogP contribution is -2.51. The van der Waals surface area contributed by atoms with E-state index in [2.05, 4.69) is 5.32 Å². The molecule has 0 radical (unpaired) electrons. The van der Waals surface area contributed by atoms with Crippen molar-refractivity contribution >= 4 is 18.3 Å². The van der Waals surface area contributed by atoms with Gasteiger partial charge in [-0.1, -0.05) is 0 Å². The van der Waals surface area contributed by atoms with Gasteiger partial charge in [0.1, 0.15) is 0 Å². The van der Waals surface area contributed by atoms with Gasteiger partial charge in [-0.25, -0.2) is 13.2 Å². The second-order valence-corrected chi connectivity index (χ2v) is 4.36. The Hall–Kier alpha value is -1.27. The molecule has 106 valence electrons. The van der Waals surface area contributed by atoms with Gasteiger partial charge in [-0.2, -0.15) is 0 Å². The lowest BCUT2D eigenvalue weighted by atomic mass is 10.1. The molecule has 0 saturated carbocycles. The molecule has 0 aromatic heterocycles. The minimum Gasteiger partial charge on any atom is -0.336 e. The number of carbonyl (C=O) groups excluding carboxylic acids is 1. The third kappa shape index (κ3) is 3.39. The number of nitrogens with zero attached hydrogens (tertiary/aromatic N) is 1. The normalized spacial score (nSPS) is 18.9. The van der Waals surface area contributed by atoms with E-state index in [1.807, 2.05) is 6.92 Å². The lowest BCUT2D eigenvalue weighted by molar-refractivity contribution is 0.0708. The Morgan fingerprint density at radius 2 is 1.89 bits per heavy atom. The molecule has 1 fully saturated rings. The molecule has 1 amide bonds. The molecule has 1 heterocycles. The second-order valence-electron chi connectivity index (χ2n) is 4.36. The van der Waals surface area contributed by atoms with E-state index in [0.29, 0.717) is 19.6 Å². The van der Waals surface area contributed by atoms with Crippen molar-refractivity contribution in [3.05, 3.63) is 35.1 Å². The van der Waals surface area contributed by atoms with Gasteiger partial charge in [-0.3, -0.25) is 4.79 Å². The van der Waals surface area contributed by atoms with Crippen LogP contribution in [-0.2, 0) is 0 Å². The molecular weight excluding hydrogens is 281 g/mol. The lowest BCUT2D eigenvalue weighted by Gasteiger charge is -2.32. The maximum absolute atomic E-state index is 13.0. The Kier molecular flexibility index (Phi) is 5.20. The fraction of sp³-hybridized carbons (Fsp3) is 0.417. The smallest absolute Gasteiger partial charge is 0.254 e. The van der Waals surface area contributed by atoms with E-state index in [-0.39, 0.29) is 24.0 Å². The van der Waals surface area contributed by atoms with E-state index in [0.717, 1.165) is 12.1 Å². The number of amides is 1. The summed E-state index contributed by atoms with van der Waals surface area (Å²) in [5, 5.41) is 3.15. The van der Waals surface area contributed by atoms with Gasteiger partial charge >= 0.3 is 0 Å². The van der Waals surface area contributed by atoms with Crippen LogP contribution in [0.2, 0.25) is 0 Å². The molecule has 1 atom stereocenters. The van der Waals surface area contributed by atoms with Crippen LogP contribution < -0.4 is 5.32 Å². The van der Waals surface area contributed by atoms with Crippen LogP contribution in [0.15, 0.2) is 12.1 Å². The predicted octanol–water partition coefficient (Wildman–Crippen LogP) is 1.96. The largest absolute Gasteiger partial charge is 0.336 e. The molecule has 0 spiro atoms. The van der Waals surface area contributed by atoms with Gasteiger partial charge in [0.05, 0.1) is 0 Å². The van der Waals surface area contributed by atoms with Gasteiger partial charge in [-0.05, 0) is 19.1 Å². The Bertz CT molecular complexity index is 461. The molecule has 3 nitrogen and oxygen atoms in total. The molecular formula is C12H14ClF3N2O. The van der Waals surface area contributed by atoms with Crippen LogP contribution in [0.1, 0.15) is 17.3 Å². The minimum atomic E-state index is -1.56. The van der Waals surface area contributed by atoms with Crippen molar-refractivity contribution in [2.75, 3.05) is 19.6 Å². The highest BCUT2D eigenvalue weighted by Gasteiger charge is 2.23. The molecule has 1 aliphatic heterocycles. The first-order chi connectivity index (χ1) is 8.49. The Morgan fingerprint density at radius 3 is 2.42 bits per heavy atom. The maximum atomic E-state index is 13.0. The topological polar surface area (TPSA) is 32.3 Å². The summed E-state index contributed by atoms with van der Waals surface area (Å²) in [5.74, 6) is -4.73. The van der Waals surface area contributed by atoms with E-state index in [1.54, 1.807) is 0 Å². The molecule has 0 unspecified atom stereocenters. The van der Waals surface area contributed by atoms with Crippen molar-refractivity contribution in [1.82, 2.24) is 10.2 Å². The number of piperazine rings is 1. The summed E-state index contributed by atoms with van der Waals surface area (Å²) in [5.41, 5.74) is -0.166. The SMILES string of the molecule is C[C@@H]1CN(C(=O)c2cc(F)c(F)c(F)c2)CCN1.Cl. The fourth-order valence-electron chi connectivity index (χ4n) is 1.98. The number of benzene rings is 1. The number of hydrogen-bond acceptors (Lipinski definition) is 2. The van der Waals surface area contributed by atoms with E-state index in [4.69, 9.17) is 0 Å². The molecule has 1 aliphatic rings. The third-order valence-electron chi connectivity index (χ3n) is 2.89. The third-order valence-corrected chi connectivity index (χ3v) is 2.89. The minimum absolute atomic E-state index is 0. The summed E-state index contributed by atoms with van der Waals surface area (Å²) in [4.78, 5) is 13.5. The molecule has 0 aliphatic carbocycles. The van der Waals surface area contributed by atoms with Gasteiger partial charge in [0.15, 0.2) is 17.5 Å². The highest BCUT2D eigenvalue weighted by Crippen LogP contribution is 2.16. The van der Waals surface area contributed by atoms with E-state index >= 15 is 0 Å². The van der Waals surface area contributed by atoms with E-state index in [1.165, 1.54) is 4.90 Å². The zero-order valence-electron chi connectivity index (χ0n) is 10.3. The number of halogens is 4. The van der Waals surface area contributed by atoms with Gasteiger partial charge in [-0.15, -0.1) is 12.4 Å². The van der Waals surface area contributed by atoms with Crippen molar-refractivity contribution in [2.45, 2.75) is 13.0 Å². The first-order valence-corrected chi connectivity index (χ1v) is 5.66. The van der Waals surface area contributed by atoms with Crippen LogP contribution in [-0.4, -0.2) is 36.5 Å². The molecule has 19 heavy (non-hydrogen) atoms. The summed E-state index contributed by atoms with van der Waals surface area (Å²) >= 11 is 0. The van der Waals surface area contributed by atoms with E-state index < -0.39 is 23.4 Å². The van der Waals surface area contributed by atoms with Gasteiger partial charge in [0, 0.05) is 31.2 Å². The van der Waals surface area contributed by atoms with Crippen molar-refractivity contribution in [1.29, 1.82) is 0 Å². The molecule has 1 N–H and O–H groups in total. The molecule has 2 rings (SSSR count). The van der Waals surface area contributed by atoms with Gasteiger partial charge in [0.2, 0.25) is 0 Å². The highest BCUT2D eigenvalue weighted by atomic mass is 35.5. The van der Waals surface area contributed by atoms with Crippen LogP contribution in [0.5, 0.6) is 0 Å². The number of carbonyl (C=O) groups is 1. The maximum Gasteiger partial charge on any atom is 0.254 e. The molecule has 1 aromatic rings. The second kappa shape index (κ2) is 6.25.